The fourth-order valence-electron chi connectivity index (χ4n) is 3.46. The van der Waals surface area contributed by atoms with Gasteiger partial charge in [0.15, 0.2) is 5.78 Å². The first kappa shape index (κ1) is 19.1. The number of hydrogen-bond donors (Lipinski definition) is 1. The van der Waals surface area contributed by atoms with Crippen LogP contribution in [0.15, 0.2) is 63.4 Å². The Morgan fingerprint density at radius 2 is 2.11 bits per heavy atom. The maximum Gasteiger partial charge on any atom is 0.205 e. The van der Waals surface area contributed by atoms with Gasteiger partial charge in [0, 0.05) is 39.0 Å². The summed E-state index contributed by atoms with van der Waals surface area (Å²) in [6, 6.07) is 12.0. The van der Waals surface area contributed by atoms with Crippen LogP contribution in [0, 0.1) is 11.3 Å². The Morgan fingerprint density at radius 3 is 2.86 bits per heavy atom. The number of rotatable bonds is 4. The topological polar surface area (TPSA) is 76.1 Å². The number of nitrogens with zero attached hydrogens (tertiary/aromatic N) is 1. The summed E-state index contributed by atoms with van der Waals surface area (Å²) in [4.78, 5) is 14.7. The molecule has 0 amide bonds. The van der Waals surface area contributed by atoms with Crippen LogP contribution in [-0.4, -0.2) is 5.78 Å². The van der Waals surface area contributed by atoms with Crippen molar-refractivity contribution in [3.63, 3.8) is 0 Å². The van der Waals surface area contributed by atoms with Gasteiger partial charge < -0.3 is 10.5 Å². The molecule has 1 aromatic carbocycles. The van der Waals surface area contributed by atoms with E-state index in [0.29, 0.717) is 29.7 Å². The zero-order valence-corrected chi connectivity index (χ0v) is 17.3. The molecule has 2 aliphatic rings. The highest BCUT2D eigenvalue weighted by atomic mass is 35.5. The van der Waals surface area contributed by atoms with Crippen molar-refractivity contribution in [3.8, 4) is 6.07 Å². The molecule has 2 heterocycles. The van der Waals surface area contributed by atoms with Gasteiger partial charge >= 0.3 is 0 Å². The number of carbonyl (C=O) groups is 1. The third kappa shape index (κ3) is 3.70. The molecule has 0 saturated heterocycles. The van der Waals surface area contributed by atoms with Crippen LogP contribution in [0.25, 0.3) is 0 Å². The molecule has 0 spiro atoms. The fourth-order valence-corrected chi connectivity index (χ4v) is 5.55. The van der Waals surface area contributed by atoms with Crippen molar-refractivity contribution in [3.05, 3.63) is 74.0 Å². The lowest BCUT2D eigenvalue weighted by Crippen LogP contribution is -2.27. The van der Waals surface area contributed by atoms with Crippen LogP contribution >= 0.6 is 34.7 Å². The number of halogens is 1. The van der Waals surface area contributed by atoms with E-state index in [9.17, 15) is 10.1 Å². The van der Waals surface area contributed by atoms with Crippen LogP contribution in [0.4, 0.5) is 0 Å². The number of benzene rings is 1. The standard InChI is InChI=1S/C21H17ClN2O2S2/c22-13-4-6-14(7-5-13)27-10-12-8-18(28-11-12)19-15(9-23)21(24)26-17-3-1-2-16(25)20(17)19/h4-8,11,19H,1-3,10,24H2. The van der Waals surface area contributed by atoms with E-state index in [4.69, 9.17) is 22.1 Å². The van der Waals surface area contributed by atoms with Gasteiger partial charge in [0.2, 0.25) is 5.88 Å². The molecular formula is C21H17ClN2O2S2. The summed E-state index contributed by atoms with van der Waals surface area (Å²) in [5.41, 5.74) is 8.08. The molecule has 2 aromatic rings. The number of ketones is 1. The monoisotopic (exact) mass is 428 g/mol. The molecule has 1 aliphatic heterocycles. The Kier molecular flexibility index (Phi) is 5.49. The third-order valence-electron chi connectivity index (χ3n) is 4.78. The number of hydrogen-bond acceptors (Lipinski definition) is 6. The highest BCUT2D eigenvalue weighted by Crippen LogP contribution is 2.45. The molecule has 1 aliphatic carbocycles. The van der Waals surface area contributed by atoms with Crippen LogP contribution in [0.5, 0.6) is 0 Å². The first-order valence-corrected chi connectivity index (χ1v) is 11.1. The molecule has 1 atom stereocenters. The Balaban J connectivity index is 1.61. The molecule has 0 saturated carbocycles. The van der Waals surface area contributed by atoms with Crippen molar-refractivity contribution in [2.45, 2.75) is 35.8 Å². The summed E-state index contributed by atoms with van der Waals surface area (Å²) in [6.07, 6.45) is 1.93. The van der Waals surface area contributed by atoms with E-state index in [1.165, 1.54) is 0 Å². The van der Waals surface area contributed by atoms with Crippen LogP contribution in [-0.2, 0) is 15.3 Å². The van der Waals surface area contributed by atoms with Crippen LogP contribution in [0.2, 0.25) is 5.02 Å². The van der Waals surface area contributed by atoms with Gasteiger partial charge in [-0.15, -0.1) is 23.1 Å². The zero-order valence-electron chi connectivity index (χ0n) is 14.9. The van der Waals surface area contributed by atoms with Gasteiger partial charge in [0.05, 0.1) is 5.92 Å². The minimum Gasteiger partial charge on any atom is -0.444 e. The van der Waals surface area contributed by atoms with E-state index in [2.05, 4.69) is 17.5 Å². The SMILES string of the molecule is N#CC1=C(N)OC2=C(C(=O)CCC2)C1c1cc(CSc2ccc(Cl)cc2)cs1. The molecule has 4 nitrogen and oxygen atoms in total. The minimum atomic E-state index is -0.416. The largest absolute Gasteiger partial charge is 0.444 e. The normalized spacial score (nSPS) is 19.3. The minimum absolute atomic E-state index is 0.0528. The van der Waals surface area contributed by atoms with Crippen molar-refractivity contribution < 1.29 is 9.53 Å². The first-order valence-electron chi connectivity index (χ1n) is 8.86. The summed E-state index contributed by atoms with van der Waals surface area (Å²) < 4.78 is 5.62. The third-order valence-corrected chi connectivity index (χ3v) is 7.16. The molecule has 1 aromatic heterocycles. The number of Topliss-reactive ketones (excluding diaryl/α,β-unsaturated/α-hetero) is 1. The van der Waals surface area contributed by atoms with Gasteiger partial charge in [-0.2, -0.15) is 5.26 Å². The fraction of sp³-hybridized carbons (Fsp3) is 0.238. The molecule has 4 rings (SSSR count). The van der Waals surface area contributed by atoms with E-state index in [1.807, 2.05) is 24.3 Å². The van der Waals surface area contributed by atoms with Gasteiger partial charge in [-0.05, 0) is 47.7 Å². The second kappa shape index (κ2) is 8.04. The first-order chi connectivity index (χ1) is 13.6. The average molecular weight is 429 g/mol. The van der Waals surface area contributed by atoms with Gasteiger partial charge in [-0.1, -0.05) is 11.6 Å². The van der Waals surface area contributed by atoms with Gasteiger partial charge in [0.25, 0.3) is 0 Å². The number of nitriles is 1. The maximum atomic E-state index is 12.6. The van der Waals surface area contributed by atoms with E-state index in [0.717, 1.165) is 32.5 Å². The second-order valence-corrected chi connectivity index (χ2v) is 9.07. The number of carbonyl (C=O) groups excluding carboxylic acids is 1. The molecule has 0 bridgehead atoms. The number of thioether (sulfide) groups is 1. The summed E-state index contributed by atoms with van der Waals surface area (Å²) in [6.45, 7) is 0. The lowest BCUT2D eigenvalue weighted by Gasteiger charge is -2.30. The van der Waals surface area contributed by atoms with E-state index in [-0.39, 0.29) is 11.7 Å². The molecule has 1 unspecified atom stereocenters. The lowest BCUT2D eigenvalue weighted by atomic mass is 9.80. The number of nitrogens with two attached hydrogens (primary N) is 1. The number of thiophene rings is 1. The van der Waals surface area contributed by atoms with Crippen molar-refractivity contribution in [2.75, 3.05) is 0 Å². The van der Waals surface area contributed by atoms with Crippen LogP contribution in [0.1, 0.15) is 35.6 Å². The zero-order chi connectivity index (χ0) is 19.7. The van der Waals surface area contributed by atoms with Crippen molar-refractivity contribution in [2.24, 2.45) is 5.73 Å². The highest BCUT2D eigenvalue weighted by Gasteiger charge is 2.38. The molecule has 7 heteroatoms. The van der Waals surface area contributed by atoms with E-state index >= 15 is 0 Å². The molecule has 0 radical (unpaired) electrons. The Morgan fingerprint density at radius 1 is 1.32 bits per heavy atom. The predicted molar refractivity (Wildman–Crippen MR) is 112 cm³/mol. The molecule has 28 heavy (non-hydrogen) atoms. The summed E-state index contributed by atoms with van der Waals surface area (Å²) in [7, 11) is 0. The predicted octanol–water partition coefficient (Wildman–Crippen LogP) is 5.51. The quantitative estimate of drug-likeness (QED) is 0.650. The van der Waals surface area contributed by atoms with Gasteiger partial charge in [-0.3, -0.25) is 4.79 Å². The Labute approximate surface area is 176 Å². The maximum absolute atomic E-state index is 12.6. The summed E-state index contributed by atoms with van der Waals surface area (Å²) >= 11 is 9.21. The van der Waals surface area contributed by atoms with E-state index in [1.54, 1.807) is 23.1 Å². The smallest absolute Gasteiger partial charge is 0.205 e. The summed E-state index contributed by atoms with van der Waals surface area (Å²) in [5, 5.41) is 12.4. The Hall–Kier alpha value is -2.20. The van der Waals surface area contributed by atoms with E-state index < -0.39 is 5.92 Å². The van der Waals surface area contributed by atoms with Crippen LogP contribution < -0.4 is 5.73 Å². The van der Waals surface area contributed by atoms with Crippen molar-refractivity contribution in [1.82, 2.24) is 0 Å². The van der Waals surface area contributed by atoms with Gasteiger partial charge in [0.1, 0.15) is 17.4 Å². The Bertz CT molecular complexity index is 1030. The number of allylic oxidation sites excluding steroid dienone is 3. The van der Waals surface area contributed by atoms with Crippen LogP contribution in [0.3, 0.4) is 0 Å². The average Bonchev–Trinajstić information content (AvgIpc) is 3.15. The highest BCUT2D eigenvalue weighted by molar-refractivity contribution is 7.98. The molecule has 0 fully saturated rings. The second-order valence-electron chi connectivity index (χ2n) is 6.64. The van der Waals surface area contributed by atoms with Gasteiger partial charge in [-0.25, -0.2) is 0 Å². The molecular weight excluding hydrogens is 412 g/mol. The summed E-state index contributed by atoms with van der Waals surface area (Å²) in [5.74, 6) is 1.18. The molecule has 2 N–H and O–H groups in total. The lowest BCUT2D eigenvalue weighted by molar-refractivity contribution is -0.116. The molecule has 142 valence electrons. The van der Waals surface area contributed by atoms with Crippen molar-refractivity contribution in [1.29, 1.82) is 5.26 Å². The number of ether oxygens (including phenoxy) is 1. The van der Waals surface area contributed by atoms with Crippen molar-refractivity contribution >= 4 is 40.5 Å².